The lowest BCUT2D eigenvalue weighted by Gasteiger charge is -2.18. The second-order valence-corrected chi connectivity index (χ2v) is 9.33. The summed E-state index contributed by atoms with van der Waals surface area (Å²) in [5, 5.41) is 10.1. The van der Waals surface area contributed by atoms with Crippen molar-refractivity contribution in [3.63, 3.8) is 0 Å². The highest BCUT2D eigenvalue weighted by Gasteiger charge is 2.22. The lowest BCUT2D eigenvalue weighted by Crippen LogP contribution is -2.30. The Morgan fingerprint density at radius 1 is 1.00 bits per heavy atom. The van der Waals surface area contributed by atoms with E-state index in [1.54, 1.807) is 22.7 Å². The van der Waals surface area contributed by atoms with Crippen molar-refractivity contribution < 1.29 is 8.42 Å². The van der Waals surface area contributed by atoms with Crippen molar-refractivity contribution in [3.05, 3.63) is 60.4 Å². The number of pyridine rings is 2. The number of thioether (sulfide) groups is 1. The molecule has 0 amide bonds. The summed E-state index contributed by atoms with van der Waals surface area (Å²) >= 11 is 1.48. The molecular weight excluding hydrogens is 406 g/mol. The fourth-order valence-electron chi connectivity index (χ4n) is 3.14. The second-order valence-electron chi connectivity index (χ2n) is 6.45. The molecule has 0 N–H and O–H groups in total. The molecule has 0 atom stereocenters. The molecule has 3 heterocycles. The minimum Gasteiger partial charge on any atom is -0.276 e. The van der Waals surface area contributed by atoms with Crippen LogP contribution in [-0.2, 0) is 15.8 Å². The number of rotatable bonds is 7. The average Bonchev–Trinajstić information content (AvgIpc) is 3.15. The van der Waals surface area contributed by atoms with Crippen LogP contribution in [0.3, 0.4) is 0 Å². The first-order valence-electron chi connectivity index (χ1n) is 9.35. The van der Waals surface area contributed by atoms with Crippen molar-refractivity contribution in [3.8, 4) is 0 Å². The minimum atomic E-state index is -3.54. The van der Waals surface area contributed by atoms with Crippen LogP contribution in [0.5, 0.6) is 0 Å². The minimum absolute atomic E-state index is 0.235. The third kappa shape index (κ3) is 3.85. The first-order valence-corrected chi connectivity index (χ1v) is 11.8. The van der Waals surface area contributed by atoms with Gasteiger partial charge in [-0.05, 0) is 24.3 Å². The van der Waals surface area contributed by atoms with E-state index in [9.17, 15) is 8.42 Å². The molecule has 0 saturated heterocycles. The highest BCUT2D eigenvalue weighted by Crippen LogP contribution is 2.24. The van der Waals surface area contributed by atoms with Crippen molar-refractivity contribution >= 4 is 38.3 Å². The lowest BCUT2D eigenvalue weighted by atomic mass is 10.2. The molecule has 29 heavy (non-hydrogen) atoms. The van der Waals surface area contributed by atoms with E-state index in [1.165, 1.54) is 16.1 Å². The SMILES string of the molecule is CCN(CC)S(=O)(=O)c1ccc2nnc(SCc3ccc4ccccc4n3)n2c1. The van der Waals surface area contributed by atoms with Gasteiger partial charge in [0.1, 0.15) is 0 Å². The smallest absolute Gasteiger partial charge is 0.244 e. The van der Waals surface area contributed by atoms with Crippen molar-refractivity contribution in [2.45, 2.75) is 29.7 Å². The molecule has 1 aromatic carbocycles. The maximum atomic E-state index is 12.8. The Balaban J connectivity index is 1.62. The van der Waals surface area contributed by atoms with E-state index in [4.69, 9.17) is 0 Å². The van der Waals surface area contributed by atoms with Crippen LogP contribution in [-0.4, -0.2) is 45.4 Å². The van der Waals surface area contributed by atoms with Crippen molar-refractivity contribution in [2.75, 3.05) is 13.1 Å². The Bertz CT molecular complexity index is 1270. The number of hydrogen-bond acceptors (Lipinski definition) is 6. The van der Waals surface area contributed by atoms with E-state index < -0.39 is 10.0 Å². The molecule has 0 bridgehead atoms. The van der Waals surface area contributed by atoms with Gasteiger partial charge in [0.2, 0.25) is 10.0 Å². The van der Waals surface area contributed by atoms with Gasteiger partial charge in [0.05, 0.1) is 16.1 Å². The fraction of sp³-hybridized carbons (Fsp3) is 0.250. The van der Waals surface area contributed by atoms with Gasteiger partial charge in [-0.2, -0.15) is 4.31 Å². The zero-order valence-electron chi connectivity index (χ0n) is 16.2. The summed E-state index contributed by atoms with van der Waals surface area (Å²) in [4.78, 5) is 4.91. The molecule has 9 heteroatoms. The van der Waals surface area contributed by atoms with Crippen LogP contribution in [0, 0.1) is 0 Å². The van der Waals surface area contributed by atoms with E-state index in [-0.39, 0.29) is 4.90 Å². The molecule has 0 spiro atoms. The molecule has 0 saturated carbocycles. The highest BCUT2D eigenvalue weighted by molar-refractivity contribution is 7.98. The molecule has 0 aliphatic rings. The third-order valence-corrected chi connectivity index (χ3v) is 7.70. The summed E-state index contributed by atoms with van der Waals surface area (Å²) in [6, 6.07) is 15.3. The van der Waals surface area contributed by atoms with Crippen LogP contribution in [0.4, 0.5) is 0 Å². The summed E-state index contributed by atoms with van der Waals surface area (Å²) in [5.74, 6) is 0.610. The van der Waals surface area contributed by atoms with Gasteiger partial charge in [-0.1, -0.05) is 49.9 Å². The van der Waals surface area contributed by atoms with Crippen LogP contribution in [0.1, 0.15) is 19.5 Å². The zero-order valence-corrected chi connectivity index (χ0v) is 17.8. The first kappa shape index (κ1) is 19.8. The number of aromatic nitrogens is 4. The van der Waals surface area contributed by atoms with Crippen molar-refractivity contribution in [1.82, 2.24) is 23.9 Å². The van der Waals surface area contributed by atoms with E-state index in [0.717, 1.165) is 16.6 Å². The van der Waals surface area contributed by atoms with Crippen LogP contribution < -0.4 is 0 Å². The summed E-state index contributed by atoms with van der Waals surface area (Å²) < 4.78 is 28.8. The Kier molecular flexibility index (Phi) is 5.53. The first-order chi connectivity index (χ1) is 14.0. The maximum Gasteiger partial charge on any atom is 0.244 e. The normalized spacial score (nSPS) is 12.2. The number of fused-ring (bicyclic) bond motifs is 2. The Hall–Kier alpha value is -2.49. The quantitative estimate of drug-likeness (QED) is 0.419. The summed E-state index contributed by atoms with van der Waals surface area (Å²) in [5.41, 5.74) is 2.49. The molecule has 150 valence electrons. The van der Waals surface area contributed by atoms with Gasteiger partial charge in [0.15, 0.2) is 10.8 Å². The van der Waals surface area contributed by atoms with E-state index in [1.807, 2.05) is 44.2 Å². The van der Waals surface area contributed by atoms with Crippen molar-refractivity contribution in [1.29, 1.82) is 0 Å². The van der Waals surface area contributed by atoms with Gasteiger partial charge < -0.3 is 0 Å². The van der Waals surface area contributed by atoms with Gasteiger partial charge in [0, 0.05) is 30.4 Å². The third-order valence-electron chi connectivity index (χ3n) is 4.69. The van der Waals surface area contributed by atoms with E-state index in [0.29, 0.717) is 29.6 Å². The number of hydrogen-bond donors (Lipinski definition) is 0. The number of sulfonamides is 1. The molecule has 4 rings (SSSR count). The molecule has 3 aromatic heterocycles. The Morgan fingerprint density at radius 2 is 1.79 bits per heavy atom. The summed E-state index contributed by atoms with van der Waals surface area (Å²) in [6.45, 7) is 4.51. The van der Waals surface area contributed by atoms with Gasteiger partial charge in [-0.25, -0.2) is 8.42 Å². The predicted octanol–water partition coefficient (Wildman–Crippen LogP) is 3.60. The van der Waals surface area contributed by atoms with Gasteiger partial charge in [-0.15, -0.1) is 10.2 Å². The molecule has 7 nitrogen and oxygen atoms in total. The van der Waals surface area contributed by atoms with Gasteiger partial charge >= 0.3 is 0 Å². The number of nitrogens with zero attached hydrogens (tertiary/aromatic N) is 5. The fourth-order valence-corrected chi connectivity index (χ4v) is 5.42. The van der Waals surface area contributed by atoms with Crippen LogP contribution in [0.25, 0.3) is 16.6 Å². The van der Waals surface area contributed by atoms with Gasteiger partial charge in [0.25, 0.3) is 0 Å². The Morgan fingerprint density at radius 3 is 2.59 bits per heavy atom. The topological polar surface area (TPSA) is 80.5 Å². The molecule has 0 radical (unpaired) electrons. The summed E-state index contributed by atoms with van der Waals surface area (Å²) in [7, 11) is -3.54. The molecular formula is C20H21N5O2S2. The monoisotopic (exact) mass is 427 g/mol. The lowest BCUT2D eigenvalue weighted by molar-refractivity contribution is 0.445. The molecule has 0 fully saturated rings. The van der Waals surface area contributed by atoms with Crippen LogP contribution in [0.2, 0.25) is 0 Å². The highest BCUT2D eigenvalue weighted by atomic mass is 32.2. The zero-order chi connectivity index (χ0) is 20.4. The molecule has 4 aromatic rings. The molecule has 0 aliphatic heterocycles. The Labute approximate surface area is 173 Å². The molecule has 0 unspecified atom stereocenters. The standard InChI is InChI=1S/C20H21N5O2S2/c1-3-24(4-2)29(26,27)17-11-12-19-22-23-20(25(19)13-17)28-14-16-10-9-15-7-5-6-8-18(15)21-16/h5-13H,3-4,14H2,1-2H3. The number of benzene rings is 1. The van der Waals surface area contributed by atoms with Crippen molar-refractivity contribution in [2.24, 2.45) is 0 Å². The predicted molar refractivity (Wildman–Crippen MR) is 114 cm³/mol. The number of para-hydroxylation sites is 1. The van der Waals surface area contributed by atoms with Crippen LogP contribution in [0.15, 0.2) is 64.8 Å². The second kappa shape index (κ2) is 8.10. The average molecular weight is 428 g/mol. The largest absolute Gasteiger partial charge is 0.276 e. The maximum absolute atomic E-state index is 12.8. The van der Waals surface area contributed by atoms with E-state index >= 15 is 0 Å². The van der Waals surface area contributed by atoms with Crippen LogP contribution >= 0.6 is 11.8 Å². The summed E-state index contributed by atoms with van der Waals surface area (Å²) in [6.07, 6.45) is 1.60. The van der Waals surface area contributed by atoms with E-state index in [2.05, 4.69) is 21.2 Å². The van der Waals surface area contributed by atoms with Gasteiger partial charge in [-0.3, -0.25) is 9.38 Å². The molecule has 0 aliphatic carbocycles.